The summed E-state index contributed by atoms with van der Waals surface area (Å²) in [7, 11) is 1.98. The van der Waals surface area contributed by atoms with Crippen LogP contribution < -0.4 is 29.6 Å². The first-order valence-electron chi connectivity index (χ1n) is 22.4. The topological polar surface area (TPSA) is 55.7 Å². The maximum Gasteiger partial charge on any atom is 1.00 e. The van der Waals surface area contributed by atoms with E-state index < -0.39 is 0 Å². The molecular formula is C56H80F2IN4NaO. The number of alkyl halides is 1. The summed E-state index contributed by atoms with van der Waals surface area (Å²) in [5, 5.41) is 0. The maximum absolute atomic E-state index is 14.4. The normalized spacial score (nSPS) is 11.9. The molecule has 1 aliphatic heterocycles. The first kappa shape index (κ1) is 59.9. The summed E-state index contributed by atoms with van der Waals surface area (Å²) in [6.45, 7) is 28.6. The van der Waals surface area contributed by atoms with E-state index >= 15 is 0 Å². The van der Waals surface area contributed by atoms with Gasteiger partial charge in [-0.2, -0.15) is 0 Å². The van der Waals surface area contributed by atoms with Crippen molar-refractivity contribution in [2.24, 2.45) is 7.05 Å². The Bertz CT molecular complexity index is 2270. The van der Waals surface area contributed by atoms with Crippen LogP contribution in [0.15, 0.2) is 85.5 Å². The predicted octanol–water partition coefficient (Wildman–Crippen LogP) is 14.8. The van der Waals surface area contributed by atoms with Crippen LogP contribution in [0, 0.1) is 11.6 Å². The van der Waals surface area contributed by atoms with Crippen molar-refractivity contribution >= 4 is 22.6 Å². The van der Waals surface area contributed by atoms with Crippen molar-refractivity contribution in [3.05, 3.63) is 130 Å². The van der Waals surface area contributed by atoms with E-state index in [2.05, 4.69) is 145 Å². The van der Waals surface area contributed by atoms with Gasteiger partial charge in [0.15, 0.2) is 0 Å². The molecule has 0 spiro atoms. The second kappa shape index (κ2) is 28.2. The molecule has 65 heavy (non-hydrogen) atoms. The molecule has 1 saturated heterocycles. The van der Waals surface area contributed by atoms with Crippen LogP contribution in [0.1, 0.15) is 181 Å². The standard InChI is InChI=1S/C25H31FN2.C24H29FN2.C4H8O.CH3I.2CH4.Na.H/c1-15(2)18-12-21(16(3)4)24(22(13-18)17(5)6)23-14-19(26)8-9-20(23)25-27-10-11-28(25)7;1-14(2)17-11-20(15(3)4)23(21(12-17)16(5)6)22-13-18(25)7-8-19(22)24-26-9-10-27-24;1-2-4-5-3-1;1-2;;;;/h8-17H,1-7H3;7-16H,1-6H3,(H,26,27);1-4H2;1H3;2*1H4;;/q;;;;;;+1;-1. The molecule has 4 aromatic carbocycles. The third kappa shape index (κ3) is 15.4. The van der Waals surface area contributed by atoms with Crippen molar-refractivity contribution < 1.29 is 44.5 Å². The molecule has 2 aromatic heterocycles. The van der Waals surface area contributed by atoms with Crippen LogP contribution in [0.4, 0.5) is 8.78 Å². The van der Waals surface area contributed by atoms with Crippen LogP contribution in [0.25, 0.3) is 45.0 Å². The zero-order chi connectivity index (χ0) is 45.8. The van der Waals surface area contributed by atoms with Crippen LogP contribution in [-0.4, -0.2) is 37.7 Å². The van der Waals surface area contributed by atoms with E-state index in [1.807, 2.05) is 34.9 Å². The summed E-state index contributed by atoms with van der Waals surface area (Å²) in [5.74, 6) is 3.43. The minimum atomic E-state index is -0.224. The van der Waals surface area contributed by atoms with Crippen LogP contribution in [-0.2, 0) is 11.8 Å². The van der Waals surface area contributed by atoms with E-state index in [1.54, 1.807) is 30.7 Å². The van der Waals surface area contributed by atoms with Crippen molar-refractivity contribution in [2.45, 2.75) is 146 Å². The monoisotopic (exact) mass is 1010 g/mol. The second-order valence-corrected chi connectivity index (χ2v) is 18.1. The number of hydrogen-bond acceptors (Lipinski definition) is 3. The summed E-state index contributed by atoms with van der Waals surface area (Å²) in [6.07, 6.45) is 9.81. The molecule has 0 amide bonds. The molecule has 7 rings (SSSR count). The number of aromatic nitrogens is 4. The second-order valence-electron chi connectivity index (χ2n) is 18.1. The fourth-order valence-electron chi connectivity index (χ4n) is 7.93. The van der Waals surface area contributed by atoms with Gasteiger partial charge < -0.3 is 15.7 Å². The van der Waals surface area contributed by atoms with Gasteiger partial charge in [-0.05, 0) is 145 Å². The van der Waals surface area contributed by atoms with Gasteiger partial charge in [-0.25, -0.2) is 18.7 Å². The van der Waals surface area contributed by atoms with Crippen molar-refractivity contribution in [2.75, 3.05) is 18.1 Å². The summed E-state index contributed by atoms with van der Waals surface area (Å²) in [6, 6.07) is 19.3. The Labute approximate surface area is 430 Å². The van der Waals surface area contributed by atoms with Crippen LogP contribution in [0.5, 0.6) is 0 Å². The van der Waals surface area contributed by atoms with Crippen molar-refractivity contribution in [3.8, 4) is 45.0 Å². The average Bonchev–Trinajstić information content (AvgIpc) is 4.07. The van der Waals surface area contributed by atoms with E-state index in [4.69, 9.17) is 4.74 Å². The number of ether oxygens (including phenoxy) is 1. The molecule has 0 bridgehead atoms. The van der Waals surface area contributed by atoms with Crippen molar-refractivity contribution in [1.29, 1.82) is 0 Å². The van der Waals surface area contributed by atoms with Crippen LogP contribution in [0.3, 0.4) is 0 Å². The summed E-state index contributed by atoms with van der Waals surface area (Å²) < 4.78 is 35.7. The summed E-state index contributed by atoms with van der Waals surface area (Å²) in [4.78, 5) is 14.1. The summed E-state index contributed by atoms with van der Waals surface area (Å²) >= 11 is 2.15. The third-order valence-electron chi connectivity index (χ3n) is 11.4. The number of nitrogens with one attached hydrogen (secondary N) is 1. The predicted molar refractivity (Wildman–Crippen MR) is 283 cm³/mol. The number of aromatic amines is 1. The largest absolute Gasteiger partial charge is 1.00 e. The molecule has 1 fully saturated rings. The van der Waals surface area contributed by atoms with Crippen molar-refractivity contribution in [3.63, 3.8) is 0 Å². The molecule has 0 unspecified atom stereocenters. The van der Waals surface area contributed by atoms with E-state index in [-0.39, 0.29) is 57.5 Å². The van der Waals surface area contributed by atoms with Gasteiger partial charge in [-0.1, -0.05) is 145 Å². The van der Waals surface area contributed by atoms with E-state index in [9.17, 15) is 8.78 Å². The zero-order valence-electron chi connectivity index (χ0n) is 41.8. The minimum absolute atomic E-state index is 0. The van der Waals surface area contributed by atoms with Crippen LogP contribution >= 0.6 is 22.6 Å². The van der Waals surface area contributed by atoms with Crippen molar-refractivity contribution in [1.82, 2.24) is 19.5 Å². The number of H-pyrrole nitrogens is 1. The molecule has 5 nitrogen and oxygen atoms in total. The SMILES string of the molecule is C.C.C1CCOC1.CC(C)c1cc(C(C)C)c(-c2cc(F)ccc2-c2ncc[nH]2)c(C(C)C)c1.CC(C)c1cc(C(C)C)c(-c2cc(F)ccc2-c2nccn2C)c(C(C)C)c1.CI.[H-].[Na+]. The van der Waals surface area contributed by atoms with Gasteiger partial charge in [-0.3, -0.25) is 0 Å². The molecule has 0 saturated carbocycles. The number of benzene rings is 4. The Hall–Kier alpha value is -3.15. The Morgan fingerprint density at radius 3 is 1.28 bits per heavy atom. The number of aryl methyl sites for hydroxylation is 1. The molecule has 352 valence electrons. The number of rotatable bonds is 10. The Morgan fingerprint density at radius 1 is 0.569 bits per heavy atom. The molecule has 0 atom stereocenters. The van der Waals surface area contributed by atoms with Gasteiger partial charge in [0.25, 0.3) is 0 Å². The number of nitrogens with zero attached hydrogens (tertiary/aromatic N) is 3. The smallest absolute Gasteiger partial charge is 1.00 e. The van der Waals surface area contributed by atoms with Gasteiger partial charge in [0, 0.05) is 56.2 Å². The van der Waals surface area contributed by atoms with Gasteiger partial charge in [0.05, 0.1) is 0 Å². The molecular weight excluding hydrogens is 933 g/mol. The van der Waals surface area contributed by atoms with Gasteiger partial charge in [0.2, 0.25) is 0 Å². The number of halogens is 3. The van der Waals surface area contributed by atoms with Gasteiger partial charge in [0.1, 0.15) is 23.3 Å². The molecule has 9 heteroatoms. The average molecular weight is 1010 g/mol. The quantitative estimate of drug-likeness (QED) is 0.0845. The molecule has 0 aliphatic carbocycles. The Balaban J connectivity index is 0.00000106. The van der Waals surface area contributed by atoms with E-state index in [1.165, 1.54) is 58.4 Å². The Morgan fingerprint density at radius 2 is 0.969 bits per heavy atom. The zero-order valence-corrected chi connectivity index (χ0v) is 44.9. The molecule has 0 radical (unpaired) electrons. The van der Waals surface area contributed by atoms with E-state index in [0.29, 0.717) is 35.5 Å². The fourth-order valence-corrected chi connectivity index (χ4v) is 7.93. The first-order valence-corrected chi connectivity index (χ1v) is 24.5. The van der Waals surface area contributed by atoms with E-state index in [0.717, 1.165) is 58.2 Å². The number of imidazole rings is 2. The van der Waals surface area contributed by atoms with Gasteiger partial charge >= 0.3 is 29.6 Å². The third-order valence-corrected chi connectivity index (χ3v) is 11.4. The molecule has 3 heterocycles. The first-order chi connectivity index (χ1) is 29.5. The maximum atomic E-state index is 14.4. The fraction of sp³-hybridized carbons (Fsp3) is 0.464. The molecule has 6 aromatic rings. The molecule has 1 aliphatic rings. The Kier molecular flexibility index (Phi) is 26.0. The van der Waals surface area contributed by atoms with Gasteiger partial charge in [-0.15, -0.1) is 0 Å². The number of hydrogen-bond donors (Lipinski definition) is 1. The summed E-state index contributed by atoms with van der Waals surface area (Å²) in [5.41, 5.74) is 13.8. The van der Waals surface area contributed by atoms with Crippen LogP contribution in [0.2, 0.25) is 0 Å². The molecule has 1 N–H and O–H groups in total. The minimum Gasteiger partial charge on any atom is -1.00 e.